The van der Waals surface area contributed by atoms with Gasteiger partial charge in [-0.3, -0.25) is 4.68 Å². The van der Waals surface area contributed by atoms with Crippen LogP contribution in [-0.4, -0.2) is 57.6 Å². The highest BCUT2D eigenvalue weighted by Crippen LogP contribution is 2.44. The lowest BCUT2D eigenvalue weighted by atomic mass is 9.78. The fourth-order valence-corrected chi connectivity index (χ4v) is 4.60. The molecule has 162 valence electrons. The molecule has 2 fully saturated rings. The first-order valence-corrected chi connectivity index (χ1v) is 10.9. The molecule has 2 aliphatic heterocycles. The summed E-state index contributed by atoms with van der Waals surface area (Å²) in [5, 5.41) is 4.71. The van der Waals surface area contributed by atoms with Crippen molar-refractivity contribution < 1.29 is 9.47 Å². The van der Waals surface area contributed by atoms with Gasteiger partial charge in [-0.2, -0.15) is 5.10 Å². The van der Waals surface area contributed by atoms with Crippen LogP contribution in [0, 0.1) is 5.41 Å². The third-order valence-corrected chi connectivity index (χ3v) is 6.16. The van der Waals surface area contributed by atoms with E-state index in [4.69, 9.17) is 19.6 Å². The molecule has 1 aromatic carbocycles. The summed E-state index contributed by atoms with van der Waals surface area (Å²) in [5.41, 5.74) is 5.40. The second-order valence-electron chi connectivity index (χ2n) is 8.61. The zero-order valence-corrected chi connectivity index (χ0v) is 18.2. The maximum Gasteiger partial charge on any atom is 0.172 e. The Labute approximate surface area is 185 Å². The van der Waals surface area contributed by atoms with Gasteiger partial charge in [0.05, 0.1) is 30.8 Å². The quantitative estimate of drug-likeness (QED) is 0.482. The number of aryl methyl sites for hydroxylation is 1. The van der Waals surface area contributed by atoms with Gasteiger partial charge in [-0.1, -0.05) is 30.3 Å². The van der Waals surface area contributed by atoms with Crippen molar-refractivity contribution in [2.24, 2.45) is 12.5 Å². The molecule has 0 amide bonds. The van der Waals surface area contributed by atoms with Gasteiger partial charge in [0.15, 0.2) is 11.6 Å². The third kappa shape index (κ3) is 3.02. The molecular weight excluding hydrogens is 404 g/mol. The van der Waals surface area contributed by atoms with Crippen LogP contribution < -0.4 is 9.64 Å². The number of benzene rings is 1. The molecule has 2 aliphatic rings. The van der Waals surface area contributed by atoms with Crippen molar-refractivity contribution in [3.63, 3.8) is 0 Å². The van der Waals surface area contributed by atoms with E-state index in [2.05, 4.69) is 27.0 Å². The van der Waals surface area contributed by atoms with Gasteiger partial charge in [0, 0.05) is 43.5 Å². The van der Waals surface area contributed by atoms with Crippen molar-refractivity contribution in [1.29, 1.82) is 0 Å². The topological polar surface area (TPSA) is 78.2 Å². The van der Waals surface area contributed by atoms with E-state index in [9.17, 15) is 0 Å². The lowest BCUT2D eigenvalue weighted by molar-refractivity contribution is -0.127. The Morgan fingerprint density at radius 1 is 1.09 bits per heavy atom. The van der Waals surface area contributed by atoms with Crippen LogP contribution in [-0.2, 0) is 11.8 Å². The summed E-state index contributed by atoms with van der Waals surface area (Å²) in [4.78, 5) is 16.5. The van der Waals surface area contributed by atoms with Crippen LogP contribution in [0.4, 0.5) is 5.82 Å². The predicted octanol–water partition coefficient (Wildman–Crippen LogP) is 3.33. The lowest BCUT2D eigenvalue weighted by Gasteiger charge is -2.55. The minimum atomic E-state index is 0.278. The summed E-state index contributed by atoms with van der Waals surface area (Å²) in [7, 11) is 1.92. The van der Waals surface area contributed by atoms with Gasteiger partial charge in [0.1, 0.15) is 23.2 Å². The van der Waals surface area contributed by atoms with E-state index in [-0.39, 0.29) is 5.41 Å². The molecule has 0 saturated carbocycles. The van der Waals surface area contributed by atoms with E-state index >= 15 is 0 Å². The smallest absolute Gasteiger partial charge is 0.172 e. The summed E-state index contributed by atoms with van der Waals surface area (Å²) in [5.74, 6) is 1.60. The van der Waals surface area contributed by atoms with Crippen LogP contribution >= 0.6 is 0 Å². The normalized spacial score (nSPS) is 16.8. The summed E-state index contributed by atoms with van der Waals surface area (Å²) >= 11 is 0. The van der Waals surface area contributed by atoms with Crippen LogP contribution in [0.3, 0.4) is 0 Å². The summed E-state index contributed by atoms with van der Waals surface area (Å²) < 4.78 is 13.2. The molecule has 2 saturated heterocycles. The van der Waals surface area contributed by atoms with Gasteiger partial charge in [0.2, 0.25) is 0 Å². The Kier molecular flexibility index (Phi) is 4.36. The van der Waals surface area contributed by atoms with Gasteiger partial charge in [-0.25, -0.2) is 15.0 Å². The van der Waals surface area contributed by atoms with Crippen molar-refractivity contribution in [2.75, 3.05) is 37.8 Å². The van der Waals surface area contributed by atoms with E-state index in [1.165, 1.54) is 0 Å². The number of ether oxygens (including phenoxy) is 2. The number of aromatic nitrogens is 5. The molecule has 5 heterocycles. The van der Waals surface area contributed by atoms with E-state index in [1.807, 2.05) is 49.1 Å². The monoisotopic (exact) mass is 428 g/mol. The molecule has 0 N–H and O–H groups in total. The number of pyridine rings is 1. The third-order valence-electron chi connectivity index (χ3n) is 6.16. The molecular formula is C24H24N6O2. The fourth-order valence-electron chi connectivity index (χ4n) is 4.60. The van der Waals surface area contributed by atoms with Crippen molar-refractivity contribution in [3.8, 4) is 28.3 Å². The number of nitrogens with zero attached hydrogens (tertiary/aromatic N) is 6. The molecule has 4 aromatic rings. The minimum Gasteiger partial charge on any atom is -0.490 e. The summed E-state index contributed by atoms with van der Waals surface area (Å²) in [6, 6.07) is 12.1. The van der Waals surface area contributed by atoms with Crippen LogP contribution in [0.15, 0.2) is 48.9 Å². The maximum atomic E-state index is 5.95. The Hall–Kier alpha value is -3.52. The van der Waals surface area contributed by atoms with E-state index < -0.39 is 0 Å². The van der Waals surface area contributed by atoms with Crippen LogP contribution in [0.2, 0.25) is 0 Å². The summed E-state index contributed by atoms with van der Waals surface area (Å²) in [6.45, 7) is 6.06. The number of anilines is 1. The van der Waals surface area contributed by atoms with E-state index in [0.717, 1.165) is 71.4 Å². The van der Waals surface area contributed by atoms with Gasteiger partial charge in [-0.15, -0.1) is 0 Å². The molecule has 0 bridgehead atoms. The molecule has 0 unspecified atom stereocenters. The van der Waals surface area contributed by atoms with Gasteiger partial charge in [-0.05, 0) is 6.92 Å². The van der Waals surface area contributed by atoms with E-state index in [1.54, 1.807) is 6.33 Å². The van der Waals surface area contributed by atoms with Crippen LogP contribution in [0.5, 0.6) is 5.75 Å². The van der Waals surface area contributed by atoms with Gasteiger partial charge < -0.3 is 14.4 Å². The number of hydrogen-bond acceptors (Lipinski definition) is 7. The Morgan fingerprint density at radius 2 is 1.91 bits per heavy atom. The Balaban J connectivity index is 1.50. The molecule has 6 rings (SSSR count). The summed E-state index contributed by atoms with van der Waals surface area (Å²) in [6.07, 6.45) is 3.58. The van der Waals surface area contributed by atoms with Gasteiger partial charge in [0.25, 0.3) is 0 Å². The second kappa shape index (κ2) is 7.27. The highest BCUT2D eigenvalue weighted by molar-refractivity contribution is 5.95. The van der Waals surface area contributed by atoms with E-state index in [0.29, 0.717) is 6.61 Å². The average Bonchev–Trinajstić information content (AvgIpc) is 3.14. The Bertz CT molecular complexity index is 1290. The number of fused-ring (bicyclic) bond motifs is 1. The molecule has 0 radical (unpaired) electrons. The first kappa shape index (κ1) is 19.2. The maximum absolute atomic E-state index is 5.95. The highest BCUT2D eigenvalue weighted by atomic mass is 16.5. The number of hydrogen-bond donors (Lipinski definition) is 0. The second-order valence-corrected chi connectivity index (χ2v) is 8.61. The standard InChI is InChI=1S/C24H24N6O2/c1-3-32-19-9-18-22(27-23(19)30-11-24(12-30)13-31-14-24)21(26-15-25-18)17-10-29(2)28-20(17)16-7-5-4-6-8-16/h4-10,15H,3,11-14H2,1-2H3. The average molecular weight is 428 g/mol. The van der Waals surface area contributed by atoms with Crippen molar-refractivity contribution >= 4 is 16.9 Å². The molecule has 32 heavy (non-hydrogen) atoms. The molecule has 1 spiro atoms. The van der Waals surface area contributed by atoms with Gasteiger partial charge >= 0.3 is 0 Å². The van der Waals surface area contributed by atoms with Crippen LogP contribution in [0.1, 0.15) is 6.92 Å². The first-order chi connectivity index (χ1) is 15.7. The first-order valence-electron chi connectivity index (χ1n) is 10.9. The van der Waals surface area contributed by atoms with Crippen molar-refractivity contribution in [3.05, 3.63) is 48.9 Å². The Morgan fingerprint density at radius 3 is 2.62 bits per heavy atom. The zero-order chi connectivity index (χ0) is 21.7. The minimum absolute atomic E-state index is 0.278. The molecule has 3 aromatic heterocycles. The zero-order valence-electron chi connectivity index (χ0n) is 18.2. The number of rotatable bonds is 5. The highest BCUT2D eigenvalue weighted by Gasteiger charge is 2.50. The molecule has 0 aliphatic carbocycles. The van der Waals surface area contributed by atoms with Crippen molar-refractivity contribution in [2.45, 2.75) is 6.92 Å². The SMILES string of the molecule is CCOc1cc2ncnc(-c3cn(C)nc3-c3ccccc3)c2nc1N1CC2(COC2)C1. The fraction of sp³-hybridized carbons (Fsp3) is 0.333. The molecule has 8 heteroatoms. The van der Waals surface area contributed by atoms with Crippen molar-refractivity contribution in [1.82, 2.24) is 24.7 Å². The van der Waals surface area contributed by atoms with Crippen LogP contribution in [0.25, 0.3) is 33.5 Å². The largest absolute Gasteiger partial charge is 0.490 e. The predicted molar refractivity (Wildman–Crippen MR) is 122 cm³/mol. The lowest BCUT2D eigenvalue weighted by Crippen LogP contribution is -2.66. The molecule has 0 atom stereocenters. The molecule has 8 nitrogen and oxygen atoms in total.